The molecule has 1 N–H and O–H groups in total. The van der Waals surface area contributed by atoms with Gasteiger partial charge in [0.2, 0.25) is 0 Å². The van der Waals surface area contributed by atoms with E-state index in [4.69, 9.17) is 9.15 Å². The Morgan fingerprint density at radius 3 is 2.53 bits per heavy atom. The van der Waals surface area contributed by atoms with Crippen molar-refractivity contribution in [2.24, 2.45) is 0 Å². The second-order valence-electron chi connectivity index (χ2n) is 7.41. The summed E-state index contributed by atoms with van der Waals surface area (Å²) in [5.41, 5.74) is 0.914. The first kappa shape index (κ1) is 19.6. The average Bonchev–Trinajstić information content (AvgIpc) is 3.45. The van der Waals surface area contributed by atoms with Gasteiger partial charge in [0.25, 0.3) is 11.7 Å². The summed E-state index contributed by atoms with van der Waals surface area (Å²) in [6.07, 6.45) is 1.47. The van der Waals surface area contributed by atoms with E-state index in [2.05, 4.69) is 0 Å². The molecule has 1 unspecified atom stereocenters. The highest BCUT2D eigenvalue weighted by Crippen LogP contribution is 2.43. The molecule has 4 aromatic rings. The van der Waals surface area contributed by atoms with Crippen LogP contribution in [0.4, 0.5) is 5.69 Å². The highest BCUT2D eigenvalue weighted by Gasteiger charge is 2.48. The molecule has 1 saturated heterocycles. The zero-order valence-electron chi connectivity index (χ0n) is 17.2. The van der Waals surface area contributed by atoms with Crippen LogP contribution in [-0.2, 0) is 9.59 Å². The summed E-state index contributed by atoms with van der Waals surface area (Å²) in [6.45, 7) is 0. The van der Waals surface area contributed by atoms with Gasteiger partial charge in [0, 0.05) is 17.3 Å². The molecule has 2 heterocycles. The highest BCUT2D eigenvalue weighted by atomic mass is 16.5. The van der Waals surface area contributed by atoms with Gasteiger partial charge in [0.05, 0.1) is 18.9 Å². The molecule has 0 bridgehead atoms. The standard InChI is InChI=1S/C26H19NO5/c1-31-18-10-5-9-17(15-18)27-23(21-13-6-14-32-21)22(25(29)26(27)30)24(28)20-12-4-8-16-7-2-3-11-19(16)20/h2-15,23,28H,1H3/b24-22-. The van der Waals surface area contributed by atoms with Crippen LogP contribution in [0.15, 0.2) is 95.1 Å². The van der Waals surface area contributed by atoms with Gasteiger partial charge in [0.15, 0.2) is 0 Å². The fraction of sp³-hybridized carbons (Fsp3) is 0.0769. The number of aliphatic hydroxyl groups excluding tert-OH is 1. The Labute approximate surface area is 184 Å². The summed E-state index contributed by atoms with van der Waals surface area (Å²) in [6, 6.07) is 22.3. The Kier molecular flexibility index (Phi) is 4.75. The van der Waals surface area contributed by atoms with Gasteiger partial charge in [-0.3, -0.25) is 14.5 Å². The fourth-order valence-electron chi connectivity index (χ4n) is 4.15. The molecule has 1 fully saturated rings. The van der Waals surface area contributed by atoms with Crippen molar-refractivity contribution < 1.29 is 23.8 Å². The molecule has 158 valence electrons. The summed E-state index contributed by atoms with van der Waals surface area (Å²) in [5, 5.41) is 13.0. The number of aliphatic hydroxyl groups is 1. The van der Waals surface area contributed by atoms with Gasteiger partial charge in [-0.25, -0.2) is 0 Å². The van der Waals surface area contributed by atoms with E-state index in [-0.39, 0.29) is 11.3 Å². The van der Waals surface area contributed by atoms with Crippen molar-refractivity contribution in [1.82, 2.24) is 0 Å². The Hall–Kier alpha value is -4.32. The van der Waals surface area contributed by atoms with Crippen LogP contribution >= 0.6 is 0 Å². The minimum absolute atomic E-state index is 0.0240. The predicted molar refractivity (Wildman–Crippen MR) is 120 cm³/mol. The molecule has 1 amide bonds. The van der Waals surface area contributed by atoms with Crippen LogP contribution in [0.1, 0.15) is 17.4 Å². The number of amides is 1. The molecule has 1 aliphatic heterocycles. The molecule has 6 heteroatoms. The first-order valence-electron chi connectivity index (χ1n) is 10.1. The largest absolute Gasteiger partial charge is 0.507 e. The number of hydrogen-bond acceptors (Lipinski definition) is 5. The third kappa shape index (κ3) is 3.04. The molecule has 1 aliphatic rings. The number of fused-ring (bicyclic) bond motifs is 1. The molecule has 6 nitrogen and oxygen atoms in total. The van der Waals surface area contributed by atoms with E-state index in [0.29, 0.717) is 22.8 Å². The monoisotopic (exact) mass is 425 g/mol. The Balaban J connectivity index is 1.75. The van der Waals surface area contributed by atoms with Crippen molar-refractivity contribution in [2.75, 3.05) is 12.0 Å². The molecule has 1 aromatic heterocycles. The summed E-state index contributed by atoms with van der Waals surface area (Å²) in [4.78, 5) is 27.7. The van der Waals surface area contributed by atoms with Crippen molar-refractivity contribution in [3.8, 4) is 5.75 Å². The van der Waals surface area contributed by atoms with Crippen molar-refractivity contribution in [3.05, 3.63) is 102 Å². The maximum atomic E-state index is 13.2. The molecular formula is C26H19NO5. The number of carbonyl (C=O) groups is 2. The Bertz CT molecular complexity index is 1360. The van der Waals surface area contributed by atoms with Gasteiger partial charge >= 0.3 is 0 Å². The number of carbonyl (C=O) groups excluding carboxylic acids is 2. The molecule has 0 saturated carbocycles. The van der Waals surface area contributed by atoms with E-state index < -0.39 is 17.7 Å². The number of ether oxygens (including phenoxy) is 1. The maximum absolute atomic E-state index is 13.2. The van der Waals surface area contributed by atoms with E-state index in [0.717, 1.165) is 10.8 Å². The Morgan fingerprint density at radius 2 is 1.75 bits per heavy atom. The lowest BCUT2D eigenvalue weighted by Crippen LogP contribution is -2.29. The summed E-state index contributed by atoms with van der Waals surface area (Å²) in [7, 11) is 1.53. The van der Waals surface area contributed by atoms with Crippen molar-refractivity contribution in [2.45, 2.75) is 6.04 Å². The minimum Gasteiger partial charge on any atom is -0.507 e. The normalized spacial score (nSPS) is 17.8. The van der Waals surface area contributed by atoms with Crippen LogP contribution in [0, 0.1) is 0 Å². The van der Waals surface area contributed by atoms with Crippen LogP contribution in [0.25, 0.3) is 16.5 Å². The number of hydrogen-bond donors (Lipinski definition) is 1. The van der Waals surface area contributed by atoms with E-state index >= 15 is 0 Å². The molecule has 0 spiro atoms. The van der Waals surface area contributed by atoms with E-state index in [1.165, 1.54) is 18.3 Å². The van der Waals surface area contributed by atoms with E-state index in [9.17, 15) is 14.7 Å². The maximum Gasteiger partial charge on any atom is 0.300 e. The van der Waals surface area contributed by atoms with Gasteiger partial charge in [-0.2, -0.15) is 0 Å². The molecular weight excluding hydrogens is 406 g/mol. The number of ketones is 1. The van der Waals surface area contributed by atoms with E-state index in [1.54, 1.807) is 48.5 Å². The summed E-state index contributed by atoms with van der Waals surface area (Å²) in [5.74, 6) is -0.863. The topological polar surface area (TPSA) is 80.0 Å². The second kappa shape index (κ2) is 7.74. The first-order chi connectivity index (χ1) is 15.6. The molecule has 32 heavy (non-hydrogen) atoms. The first-order valence-corrected chi connectivity index (χ1v) is 10.1. The molecule has 5 rings (SSSR count). The van der Waals surface area contributed by atoms with Gasteiger partial charge in [0.1, 0.15) is 23.3 Å². The molecule has 0 aliphatic carbocycles. The number of methoxy groups -OCH3 is 1. The zero-order valence-corrected chi connectivity index (χ0v) is 17.2. The third-order valence-electron chi connectivity index (χ3n) is 5.63. The van der Waals surface area contributed by atoms with Crippen molar-refractivity contribution in [3.63, 3.8) is 0 Å². The number of anilines is 1. The summed E-state index contributed by atoms with van der Waals surface area (Å²) >= 11 is 0. The lowest BCUT2D eigenvalue weighted by molar-refractivity contribution is -0.132. The zero-order chi connectivity index (χ0) is 22.2. The van der Waals surface area contributed by atoms with Gasteiger partial charge in [-0.1, -0.05) is 48.5 Å². The van der Waals surface area contributed by atoms with Crippen LogP contribution in [0.3, 0.4) is 0 Å². The Morgan fingerprint density at radius 1 is 0.969 bits per heavy atom. The quantitative estimate of drug-likeness (QED) is 0.281. The average molecular weight is 425 g/mol. The highest BCUT2D eigenvalue weighted by molar-refractivity contribution is 6.51. The number of rotatable bonds is 4. The van der Waals surface area contributed by atoms with Crippen LogP contribution in [-0.4, -0.2) is 23.9 Å². The number of Topliss-reactive ketones (excluding diaryl/α,β-unsaturated/α-hetero) is 1. The minimum atomic E-state index is -0.920. The van der Waals surface area contributed by atoms with Crippen LogP contribution in [0.5, 0.6) is 5.75 Å². The fourth-order valence-corrected chi connectivity index (χ4v) is 4.15. The van der Waals surface area contributed by atoms with Crippen LogP contribution < -0.4 is 9.64 Å². The lowest BCUT2D eigenvalue weighted by atomic mass is 9.96. The number of benzene rings is 3. The summed E-state index contributed by atoms with van der Waals surface area (Å²) < 4.78 is 10.9. The SMILES string of the molecule is COc1cccc(N2C(=O)C(=O)/C(=C(\O)c3cccc4ccccc34)C2c2ccco2)c1. The lowest BCUT2D eigenvalue weighted by Gasteiger charge is -2.23. The molecule has 1 atom stereocenters. The second-order valence-corrected chi connectivity index (χ2v) is 7.41. The molecule has 3 aromatic carbocycles. The third-order valence-corrected chi connectivity index (χ3v) is 5.63. The van der Waals surface area contributed by atoms with Crippen LogP contribution in [0.2, 0.25) is 0 Å². The van der Waals surface area contributed by atoms with Gasteiger partial charge < -0.3 is 14.3 Å². The number of furan rings is 1. The van der Waals surface area contributed by atoms with E-state index in [1.807, 2.05) is 30.3 Å². The van der Waals surface area contributed by atoms with Crippen molar-refractivity contribution in [1.29, 1.82) is 0 Å². The van der Waals surface area contributed by atoms with Crippen molar-refractivity contribution >= 4 is 33.9 Å². The predicted octanol–water partition coefficient (Wildman–Crippen LogP) is 5.07. The molecule has 0 radical (unpaired) electrons. The van der Waals surface area contributed by atoms with Gasteiger partial charge in [-0.05, 0) is 35.0 Å². The van der Waals surface area contributed by atoms with Gasteiger partial charge in [-0.15, -0.1) is 0 Å². The smallest absolute Gasteiger partial charge is 0.300 e. The number of nitrogens with zero attached hydrogens (tertiary/aromatic N) is 1.